The summed E-state index contributed by atoms with van der Waals surface area (Å²) in [5.41, 5.74) is 0.188. The second-order valence-corrected chi connectivity index (χ2v) is 7.59. The standard InChI is InChI=1S/C15H22BrN3O3/c1-15(2,3)14(18-6-4-17-5-7-18)11-8-10(16)9-12(13(11)20)19(21)22/h8-9,14,17,20H,4-7H2,1-3H3/t14-/m0/s1. The molecule has 22 heavy (non-hydrogen) atoms. The molecule has 1 aromatic rings. The van der Waals surface area contributed by atoms with Gasteiger partial charge in [0.25, 0.3) is 0 Å². The molecule has 1 aliphatic heterocycles. The number of halogens is 1. The van der Waals surface area contributed by atoms with Gasteiger partial charge in [-0.15, -0.1) is 0 Å². The van der Waals surface area contributed by atoms with Crippen LogP contribution in [0.4, 0.5) is 5.69 Å². The molecule has 1 fully saturated rings. The van der Waals surface area contributed by atoms with Gasteiger partial charge in [0.05, 0.1) is 4.92 Å². The number of phenols is 1. The summed E-state index contributed by atoms with van der Waals surface area (Å²) < 4.78 is 0.608. The van der Waals surface area contributed by atoms with Crippen LogP contribution in [0.1, 0.15) is 32.4 Å². The van der Waals surface area contributed by atoms with Gasteiger partial charge in [-0.05, 0) is 11.5 Å². The topological polar surface area (TPSA) is 78.6 Å². The number of aromatic hydroxyl groups is 1. The summed E-state index contributed by atoms with van der Waals surface area (Å²) in [6, 6.07) is 3.04. The first-order valence-corrected chi connectivity index (χ1v) is 8.12. The molecule has 0 spiro atoms. The van der Waals surface area contributed by atoms with E-state index < -0.39 is 4.92 Å². The van der Waals surface area contributed by atoms with Crippen LogP contribution in [0, 0.1) is 15.5 Å². The lowest BCUT2D eigenvalue weighted by Crippen LogP contribution is -2.48. The predicted molar refractivity (Wildman–Crippen MR) is 89.1 cm³/mol. The molecule has 0 bridgehead atoms. The first-order chi connectivity index (χ1) is 10.2. The van der Waals surface area contributed by atoms with Crippen LogP contribution < -0.4 is 5.32 Å². The number of rotatable bonds is 3. The van der Waals surface area contributed by atoms with Crippen molar-refractivity contribution in [3.63, 3.8) is 0 Å². The van der Waals surface area contributed by atoms with Crippen LogP contribution in [0.15, 0.2) is 16.6 Å². The van der Waals surface area contributed by atoms with Gasteiger partial charge in [0.15, 0.2) is 5.75 Å². The Balaban J connectivity index is 2.54. The van der Waals surface area contributed by atoms with Gasteiger partial charge in [0.1, 0.15) is 0 Å². The van der Waals surface area contributed by atoms with Crippen molar-refractivity contribution in [2.75, 3.05) is 26.2 Å². The number of benzene rings is 1. The fourth-order valence-electron chi connectivity index (χ4n) is 3.10. The van der Waals surface area contributed by atoms with E-state index in [0.717, 1.165) is 26.2 Å². The summed E-state index contributed by atoms with van der Waals surface area (Å²) in [5.74, 6) is -0.230. The highest BCUT2D eigenvalue weighted by Gasteiger charge is 2.36. The van der Waals surface area contributed by atoms with E-state index in [9.17, 15) is 15.2 Å². The minimum absolute atomic E-state index is 0.0919. The molecule has 6 nitrogen and oxygen atoms in total. The van der Waals surface area contributed by atoms with Crippen LogP contribution in [0.2, 0.25) is 0 Å². The van der Waals surface area contributed by atoms with Crippen molar-refractivity contribution < 1.29 is 10.0 Å². The Hall–Kier alpha value is -1.18. The molecule has 0 aromatic heterocycles. The maximum Gasteiger partial charge on any atom is 0.312 e. The molecule has 7 heteroatoms. The van der Waals surface area contributed by atoms with Gasteiger partial charge in [0, 0.05) is 48.3 Å². The average Bonchev–Trinajstić information content (AvgIpc) is 2.42. The number of piperazine rings is 1. The number of nitrogens with zero attached hydrogens (tertiary/aromatic N) is 2. The second-order valence-electron chi connectivity index (χ2n) is 6.67. The third-order valence-electron chi connectivity index (χ3n) is 3.91. The molecule has 1 heterocycles. The molecule has 0 unspecified atom stereocenters. The van der Waals surface area contributed by atoms with Gasteiger partial charge in [0.2, 0.25) is 0 Å². The van der Waals surface area contributed by atoms with Crippen molar-refractivity contribution in [1.82, 2.24) is 10.2 Å². The lowest BCUT2D eigenvalue weighted by molar-refractivity contribution is -0.386. The smallest absolute Gasteiger partial charge is 0.312 e. The Bertz CT molecular complexity index is 566. The zero-order chi connectivity index (χ0) is 16.5. The molecule has 2 rings (SSSR count). The summed E-state index contributed by atoms with van der Waals surface area (Å²) in [6.07, 6.45) is 0. The molecule has 2 N–H and O–H groups in total. The Morgan fingerprint density at radius 1 is 1.36 bits per heavy atom. The summed E-state index contributed by atoms with van der Waals surface area (Å²) in [5, 5.41) is 24.9. The van der Waals surface area contributed by atoms with Crippen molar-refractivity contribution in [2.24, 2.45) is 5.41 Å². The second kappa shape index (κ2) is 6.52. The number of phenolic OH excluding ortho intramolecular Hbond substituents is 1. The lowest BCUT2D eigenvalue weighted by Gasteiger charge is -2.42. The molecule has 1 saturated heterocycles. The predicted octanol–water partition coefficient (Wildman–Crippen LogP) is 3.06. The molecule has 1 atom stereocenters. The summed E-state index contributed by atoms with van der Waals surface area (Å²) in [6.45, 7) is 9.72. The van der Waals surface area contributed by atoms with Crippen LogP contribution in [-0.4, -0.2) is 41.1 Å². The Labute approximate surface area is 138 Å². The number of hydrogen-bond donors (Lipinski definition) is 2. The van der Waals surface area contributed by atoms with Crippen LogP contribution in [-0.2, 0) is 0 Å². The van der Waals surface area contributed by atoms with Crippen molar-refractivity contribution >= 4 is 21.6 Å². The molecule has 1 aromatic carbocycles. The Morgan fingerprint density at radius 3 is 2.45 bits per heavy atom. The molecule has 0 aliphatic carbocycles. The SMILES string of the molecule is CC(C)(C)[C@H](c1cc(Br)cc([N+](=O)[O-])c1O)N1CCNCC1. The largest absolute Gasteiger partial charge is 0.502 e. The zero-order valence-electron chi connectivity index (χ0n) is 13.1. The fourth-order valence-corrected chi connectivity index (χ4v) is 3.57. The van der Waals surface area contributed by atoms with Crippen molar-refractivity contribution in [1.29, 1.82) is 0 Å². The van der Waals surface area contributed by atoms with E-state index in [1.165, 1.54) is 6.07 Å². The highest BCUT2D eigenvalue weighted by atomic mass is 79.9. The minimum Gasteiger partial charge on any atom is -0.502 e. The third-order valence-corrected chi connectivity index (χ3v) is 4.37. The average molecular weight is 372 g/mol. The van der Waals surface area contributed by atoms with Crippen LogP contribution >= 0.6 is 15.9 Å². The summed E-state index contributed by atoms with van der Waals surface area (Å²) in [7, 11) is 0. The van der Waals surface area contributed by atoms with E-state index >= 15 is 0 Å². The van der Waals surface area contributed by atoms with Crippen LogP contribution in [0.5, 0.6) is 5.75 Å². The van der Waals surface area contributed by atoms with E-state index in [2.05, 4.69) is 46.9 Å². The Kier molecular flexibility index (Phi) is 5.09. The highest BCUT2D eigenvalue weighted by Crippen LogP contribution is 2.45. The van der Waals surface area contributed by atoms with Crippen molar-refractivity contribution in [3.05, 3.63) is 32.3 Å². The van der Waals surface area contributed by atoms with Crippen molar-refractivity contribution in [3.8, 4) is 5.75 Å². The van der Waals surface area contributed by atoms with Gasteiger partial charge >= 0.3 is 5.69 Å². The van der Waals surface area contributed by atoms with E-state index in [1.807, 2.05) is 0 Å². The molecular weight excluding hydrogens is 350 g/mol. The zero-order valence-corrected chi connectivity index (χ0v) is 14.7. The molecule has 0 saturated carbocycles. The van der Waals surface area contributed by atoms with E-state index in [0.29, 0.717) is 10.0 Å². The third kappa shape index (κ3) is 3.59. The molecule has 1 aliphatic rings. The number of nitro groups is 1. The summed E-state index contributed by atoms with van der Waals surface area (Å²) >= 11 is 3.33. The Morgan fingerprint density at radius 2 is 1.95 bits per heavy atom. The maximum absolute atomic E-state index is 11.2. The van der Waals surface area contributed by atoms with Crippen LogP contribution in [0.25, 0.3) is 0 Å². The number of nitro benzene ring substituents is 1. The maximum atomic E-state index is 11.2. The van der Waals surface area contributed by atoms with E-state index in [-0.39, 0.29) is 22.9 Å². The summed E-state index contributed by atoms with van der Waals surface area (Å²) in [4.78, 5) is 12.9. The van der Waals surface area contributed by atoms with Gasteiger partial charge < -0.3 is 10.4 Å². The number of nitrogens with one attached hydrogen (secondary N) is 1. The van der Waals surface area contributed by atoms with Crippen molar-refractivity contribution in [2.45, 2.75) is 26.8 Å². The van der Waals surface area contributed by atoms with Gasteiger partial charge in [-0.1, -0.05) is 36.7 Å². The minimum atomic E-state index is -0.541. The molecule has 0 radical (unpaired) electrons. The normalized spacial score (nSPS) is 18.2. The first-order valence-electron chi connectivity index (χ1n) is 7.33. The number of hydrogen-bond acceptors (Lipinski definition) is 5. The van der Waals surface area contributed by atoms with E-state index in [4.69, 9.17) is 0 Å². The fraction of sp³-hybridized carbons (Fsp3) is 0.600. The monoisotopic (exact) mass is 371 g/mol. The van der Waals surface area contributed by atoms with Gasteiger partial charge in [-0.2, -0.15) is 0 Å². The van der Waals surface area contributed by atoms with Crippen LogP contribution in [0.3, 0.4) is 0 Å². The molecular formula is C15H22BrN3O3. The first kappa shape index (κ1) is 17.2. The highest BCUT2D eigenvalue weighted by molar-refractivity contribution is 9.10. The van der Waals surface area contributed by atoms with Gasteiger partial charge in [-0.25, -0.2) is 0 Å². The molecule has 0 amide bonds. The molecule has 122 valence electrons. The lowest BCUT2D eigenvalue weighted by atomic mass is 9.80. The van der Waals surface area contributed by atoms with Gasteiger partial charge in [-0.3, -0.25) is 15.0 Å². The van der Waals surface area contributed by atoms with E-state index in [1.54, 1.807) is 6.07 Å². The quantitative estimate of drug-likeness (QED) is 0.630.